The Balaban J connectivity index is 0.000000179. The molecule has 300 valence electrons. The van der Waals surface area contributed by atoms with E-state index < -0.39 is 5.60 Å². The lowest BCUT2D eigenvalue weighted by atomic mass is 9.97. The van der Waals surface area contributed by atoms with E-state index in [0.29, 0.717) is 35.0 Å². The average Bonchev–Trinajstić information content (AvgIpc) is 3.78. The van der Waals surface area contributed by atoms with Gasteiger partial charge in [-0.3, -0.25) is 0 Å². The lowest BCUT2D eigenvalue weighted by Crippen LogP contribution is -2.42. The highest BCUT2D eigenvalue weighted by Gasteiger charge is 2.27. The van der Waals surface area contributed by atoms with E-state index in [2.05, 4.69) is 58.0 Å². The summed E-state index contributed by atoms with van der Waals surface area (Å²) >= 11 is 19.9. The monoisotopic (exact) mass is 938 g/mol. The lowest BCUT2D eigenvalue weighted by Gasteiger charge is -2.33. The molecule has 0 atom stereocenters. The second-order valence-electron chi connectivity index (χ2n) is 15.3. The summed E-state index contributed by atoms with van der Waals surface area (Å²) in [7, 11) is 0. The minimum atomic E-state index is -0.473. The number of hydrogen-bond donors (Lipinski definition) is 3. The van der Waals surface area contributed by atoms with E-state index in [0.717, 1.165) is 93.4 Å². The predicted octanol–water partition coefficient (Wildman–Crippen LogP) is 10.1. The van der Waals surface area contributed by atoms with Crippen LogP contribution >= 0.6 is 55.1 Å². The summed E-state index contributed by atoms with van der Waals surface area (Å²) < 4.78 is 10.8. The third-order valence-electron chi connectivity index (χ3n) is 10.0. The smallest absolute Gasteiger partial charge is 0.410 e. The molecule has 2 fully saturated rings. The maximum Gasteiger partial charge on any atom is 0.410 e. The van der Waals surface area contributed by atoms with Crippen LogP contribution in [0.4, 0.5) is 16.4 Å². The summed E-state index contributed by atoms with van der Waals surface area (Å²) in [5, 5.41) is 20.8. The summed E-state index contributed by atoms with van der Waals surface area (Å²) in [6.45, 7) is 11.0. The molecule has 3 N–H and O–H groups in total. The van der Waals surface area contributed by atoms with Crippen molar-refractivity contribution in [2.24, 2.45) is 11.8 Å². The van der Waals surface area contributed by atoms with Gasteiger partial charge in [0.2, 0.25) is 0 Å². The van der Waals surface area contributed by atoms with Crippen molar-refractivity contribution in [1.29, 1.82) is 0 Å². The Morgan fingerprint density at radius 3 is 1.68 bits per heavy atom. The maximum absolute atomic E-state index is 12.3. The topological polar surface area (TPSA) is 126 Å². The van der Waals surface area contributed by atoms with Gasteiger partial charge in [0.25, 0.3) is 0 Å². The highest BCUT2D eigenvalue weighted by molar-refractivity contribution is 9.11. The first-order valence-electron chi connectivity index (χ1n) is 19.2. The molecule has 2 aliphatic heterocycles. The summed E-state index contributed by atoms with van der Waals surface area (Å²) in [5.74, 6) is 2.90. The summed E-state index contributed by atoms with van der Waals surface area (Å²) in [6, 6.07) is 19.4. The molecule has 0 unspecified atom stereocenters. The molecule has 0 aliphatic carbocycles. The number of rotatable bonds is 8. The van der Waals surface area contributed by atoms with Crippen LogP contribution in [0, 0.1) is 11.8 Å². The van der Waals surface area contributed by atoms with E-state index in [1.54, 1.807) is 21.8 Å². The van der Waals surface area contributed by atoms with Crippen LogP contribution in [-0.2, 0) is 4.74 Å². The Hall–Kier alpha value is -3.95. The van der Waals surface area contributed by atoms with Crippen molar-refractivity contribution >= 4 is 84.1 Å². The van der Waals surface area contributed by atoms with Gasteiger partial charge < -0.3 is 25.6 Å². The Labute approximate surface area is 359 Å². The third-order valence-corrected chi connectivity index (χ3v) is 11.8. The number of nitrogens with zero attached hydrogens (tertiary/aromatic N) is 7. The molecule has 12 nitrogen and oxygen atoms in total. The number of carbonyl (C=O) groups is 1. The molecule has 6 aromatic rings. The molecule has 2 aliphatic rings. The zero-order chi connectivity index (χ0) is 40.1. The van der Waals surface area contributed by atoms with E-state index in [1.165, 1.54) is 12.8 Å². The molecule has 2 saturated heterocycles. The second kappa shape index (κ2) is 18.3. The highest BCUT2D eigenvalue weighted by atomic mass is 79.9. The number of halogens is 4. The van der Waals surface area contributed by atoms with Crippen LogP contribution in [0.2, 0.25) is 10.0 Å². The standard InChI is InChI=1S/C23H27BrClN5O2.C18H19BrClN5/c1-23(2,3)32-22(31)29-10-8-15(9-11-29)13-26-20-12-19(16-6-4-5-7-18(16)25)28-21-17(24)14-27-30(20)21;19-14-11-23-25-17(22-10-12-5-7-21-8-6-12)9-16(24-18(14)25)13-3-1-2-4-15(13)20/h4-7,12,14-15,26H,8-11,13H2,1-3H3;1-4,9,11-12,21-22H,5-8,10H2. The molecule has 16 heteroatoms. The molecule has 2 aromatic carbocycles. The van der Waals surface area contributed by atoms with Gasteiger partial charge in [0, 0.05) is 59.5 Å². The van der Waals surface area contributed by atoms with Gasteiger partial charge in [0.05, 0.1) is 32.7 Å². The summed E-state index contributed by atoms with van der Waals surface area (Å²) in [5.41, 5.74) is 4.45. The van der Waals surface area contributed by atoms with Gasteiger partial charge >= 0.3 is 6.09 Å². The zero-order valence-corrected chi connectivity index (χ0v) is 36.8. The van der Waals surface area contributed by atoms with Gasteiger partial charge in [-0.05, 0) is 115 Å². The second-order valence-corrected chi connectivity index (χ2v) is 17.9. The molecule has 57 heavy (non-hydrogen) atoms. The van der Waals surface area contributed by atoms with E-state index in [-0.39, 0.29) is 6.09 Å². The van der Waals surface area contributed by atoms with Crippen LogP contribution in [0.25, 0.3) is 33.8 Å². The van der Waals surface area contributed by atoms with Crippen LogP contribution in [0.5, 0.6) is 0 Å². The number of ether oxygens (including phenoxy) is 1. The Kier molecular flexibility index (Phi) is 13.2. The molecule has 8 rings (SSSR count). The number of piperidine rings is 2. The van der Waals surface area contributed by atoms with E-state index in [9.17, 15) is 4.79 Å². The minimum absolute atomic E-state index is 0.231. The molecular weight excluding hydrogens is 895 g/mol. The number of carbonyl (C=O) groups excluding carboxylic acids is 1. The number of nitrogens with one attached hydrogen (secondary N) is 3. The zero-order valence-electron chi connectivity index (χ0n) is 32.1. The first kappa shape index (κ1) is 41.2. The number of aromatic nitrogens is 6. The number of hydrogen-bond acceptors (Lipinski definition) is 9. The van der Waals surface area contributed by atoms with Crippen LogP contribution in [0.1, 0.15) is 46.5 Å². The highest BCUT2D eigenvalue weighted by Crippen LogP contribution is 2.32. The summed E-state index contributed by atoms with van der Waals surface area (Å²) in [4.78, 5) is 23.6. The van der Waals surface area contributed by atoms with Crippen molar-refractivity contribution in [2.75, 3.05) is 49.9 Å². The molecule has 6 heterocycles. The third kappa shape index (κ3) is 10.2. The average molecular weight is 942 g/mol. The number of anilines is 2. The Morgan fingerprint density at radius 1 is 0.772 bits per heavy atom. The van der Waals surface area contributed by atoms with E-state index >= 15 is 0 Å². The van der Waals surface area contributed by atoms with Gasteiger partial charge in [-0.25, -0.2) is 14.8 Å². The van der Waals surface area contributed by atoms with Crippen LogP contribution < -0.4 is 16.0 Å². The quantitative estimate of drug-likeness (QED) is 0.137. The van der Waals surface area contributed by atoms with E-state index in [4.69, 9.17) is 37.9 Å². The van der Waals surface area contributed by atoms with Crippen molar-refractivity contribution in [3.8, 4) is 22.5 Å². The predicted molar refractivity (Wildman–Crippen MR) is 235 cm³/mol. The molecule has 0 bridgehead atoms. The largest absolute Gasteiger partial charge is 0.444 e. The molecule has 0 saturated carbocycles. The minimum Gasteiger partial charge on any atom is -0.444 e. The fraction of sp³-hybridized carbons (Fsp3) is 0.390. The number of fused-ring (bicyclic) bond motifs is 2. The SMILES string of the molecule is CC(C)(C)OC(=O)N1CCC(CNc2cc(-c3ccccc3Cl)nc3c(Br)cnn23)CC1.Clc1ccccc1-c1cc(NCC2CCNCC2)n2ncc(Br)c2n1. The molecule has 4 aromatic heterocycles. The Morgan fingerprint density at radius 2 is 1.23 bits per heavy atom. The van der Waals surface area contributed by atoms with Crippen molar-refractivity contribution < 1.29 is 9.53 Å². The molecular formula is C41H46Br2Cl2N10O2. The van der Waals surface area contributed by atoms with Crippen molar-refractivity contribution in [3.63, 3.8) is 0 Å². The first-order chi connectivity index (χ1) is 27.4. The van der Waals surface area contributed by atoms with Crippen molar-refractivity contribution in [3.05, 3.63) is 92.0 Å². The van der Waals surface area contributed by atoms with Gasteiger partial charge in [-0.1, -0.05) is 59.6 Å². The van der Waals surface area contributed by atoms with Gasteiger partial charge in [0.1, 0.15) is 17.2 Å². The van der Waals surface area contributed by atoms with Crippen LogP contribution in [-0.4, -0.2) is 85.1 Å². The number of benzene rings is 2. The molecule has 0 spiro atoms. The van der Waals surface area contributed by atoms with E-state index in [1.807, 2.05) is 86.0 Å². The van der Waals surface area contributed by atoms with Gasteiger partial charge in [-0.2, -0.15) is 19.2 Å². The fourth-order valence-corrected chi connectivity index (χ4v) is 8.13. The molecule has 1 amide bonds. The normalized spacial score (nSPS) is 15.4. The Bertz CT molecular complexity index is 2330. The molecule has 0 radical (unpaired) electrons. The number of likely N-dealkylation sites (tertiary alicyclic amines) is 1. The van der Waals surface area contributed by atoms with Crippen LogP contribution in [0.15, 0.2) is 82.0 Å². The first-order valence-corrected chi connectivity index (χ1v) is 21.5. The van der Waals surface area contributed by atoms with Gasteiger partial charge in [-0.15, -0.1) is 0 Å². The maximum atomic E-state index is 12.3. The summed E-state index contributed by atoms with van der Waals surface area (Å²) in [6.07, 6.45) is 7.51. The van der Waals surface area contributed by atoms with Crippen molar-refractivity contribution in [1.82, 2.24) is 39.4 Å². The van der Waals surface area contributed by atoms with Crippen LogP contribution in [0.3, 0.4) is 0 Å². The fourth-order valence-electron chi connectivity index (χ4n) is 6.97. The van der Waals surface area contributed by atoms with Crippen molar-refractivity contribution in [2.45, 2.75) is 52.1 Å². The number of amides is 1. The van der Waals surface area contributed by atoms with Gasteiger partial charge in [0.15, 0.2) is 11.3 Å². The lowest BCUT2D eigenvalue weighted by molar-refractivity contribution is 0.0188.